The SMILES string of the molecule is Nc1nn(Cc2c(Cl)cccc2Cl)c2cc(-c3ccc(C(=O)O)cc3)cnc12. The molecule has 2 aromatic heterocycles. The zero-order valence-electron chi connectivity index (χ0n) is 14.4. The largest absolute Gasteiger partial charge is 0.478 e. The van der Waals surface area contributed by atoms with Crippen LogP contribution < -0.4 is 5.73 Å². The average Bonchev–Trinajstić information content (AvgIpc) is 3.00. The number of aromatic carboxylic acids is 1. The molecule has 6 nitrogen and oxygen atoms in total. The third-order valence-corrected chi connectivity index (χ3v) is 5.16. The fraction of sp³-hybridized carbons (Fsp3) is 0.0500. The highest BCUT2D eigenvalue weighted by atomic mass is 35.5. The highest BCUT2D eigenvalue weighted by molar-refractivity contribution is 6.36. The third kappa shape index (κ3) is 3.28. The van der Waals surface area contributed by atoms with Crippen LogP contribution in [0.4, 0.5) is 5.82 Å². The van der Waals surface area contributed by atoms with E-state index in [1.165, 1.54) is 0 Å². The standard InChI is InChI=1S/C20H14Cl2N4O2/c21-15-2-1-3-16(22)14(15)10-26-17-8-13(9-24-18(17)19(23)25-26)11-4-6-12(7-5-11)20(27)28/h1-9H,10H2,(H2,23,25)(H,27,28). The van der Waals surface area contributed by atoms with Gasteiger partial charge in [0.15, 0.2) is 5.82 Å². The van der Waals surface area contributed by atoms with Crippen molar-refractivity contribution in [2.24, 2.45) is 0 Å². The normalized spacial score (nSPS) is 11.1. The van der Waals surface area contributed by atoms with Gasteiger partial charge in [-0.05, 0) is 35.9 Å². The van der Waals surface area contributed by atoms with Gasteiger partial charge in [-0.25, -0.2) is 4.79 Å². The van der Waals surface area contributed by atoms with E-state index in [1.54, 1.807) is 53.3 Å². The number of carboxylic acids is 1. The minimum absolute atomic E-state index is 0.223. The molecular weight excluding hydrogens is 399 g/mol. The van der Waals surface area contributed by atoms with Gasteiger partial charge in [0.1, 0.15) is 5.52 Å². The van der Waals surface area contributed by atoms with E-state index in [0.29, 0.717) is 27.9 Å². The van der Waals surface area contributed by atoms with Crippen molar-refractivity contribution in [1.29, 1.82) is 0 Å². The van der Waals surface area contributed by atoms with Crippen LogP contribution in [-0.2, 0) is 6.54 Å². The first kappa shape index (κ1) is 18.3. The summed E-state index contributed by atoms with van der Waals surface area (Å²) in [6.07, 6.45) is 1.68. The molecule has 0 aliphatic heterocycles. The number of anilines is 1. The molecule has 4 rings (SSSR count). The number of halogens is 2. The maximum atomic E-state index is 11.0. The second-order valence-corrected chi connectivity index (χ2v) is 7.03. The Kier molecular flexibility index (Phi) is 4.66. The van der Waals surface area contributed by atoms with E-state index in [4.69, 9.17) is 34.0 Å². The molecule has 0 atom stereocenters. The Bertz CT molecular complexity index is 1180. The number of fused-ring (bicyclic) bond motifs is 1. The molecule has 8 heteroatoms. The molecule has 0 amide bonds. The van der Waals surface area contributed by atoms with Crippen molar-refractivity contribution < 1.29 is 9.90 Å². The topological polar surface area (TPSA) is 94.0 Å². The van der Waals surface area contributed by atoms with Gasteiger partial charge in [-0.2, -0.15) is 5.10 Å². The number of pyridine rings is 1. The van der Waals surface area contributed by atoms with Gasteiger partial charge in [0.05, 0.1) is 17.6 Å². The zero-order valence-corrected chi connectivity index (χ0v) is 15.9. The molecule has 0 spiro atoms. The number of nitrogen functional groups attached to an aromatic ring is 1. The predicted molar refractivity (Wildman–Crippen MR) is 110 cm³/mol. The monoisotopic (exact) mass is 412 g/mol. The van der Waals surface area contributed by atoms with Crippen LogP contribution in [0.2, 0.25) is 10.0 Å². The number of carboxylic acid groups (broad SMARTS) is 1. The quantitative estimate of drug-likeness (QED) is 0.504. The van der Waals surface area contributed by atoms with Gasteiger partial charge >= 0.3 is 5.97 Å². The Balaban J connectivity index is 1.78. The van der Waals surface area contributed by atoms with Gasteiger partial charge in [0, 0.05) is 27.4 Å². The van der Waals surface area contributed by atoms with Crippen LogP contribution in [0.3, 0.4) is 0 Å². The minimum atomic E-state index is -0.970. The van der Waals surface area contributed by atoms with Crippen LogP contribution in [0.5, 0.6) is 0 Å². The van der Waals surface area contributed by atoms with E-state index in [0.717, 1.165) is 22.2 Å². The lowest BCUT2D eigenvalue weighted by Crippen LogP contribution is -2.03. The van der Waals surface area contributed by atoms with Gasteiger partial charge in [0.25, 0.3) is 0 Å². The second kappa shape index (κ2) is 7.14. The molecular formula is C20H14Cl2N4O2. The van der Waals surface area contributed by atoms with Gasteiger partial charge in [0.2, 0.25) is 0 Å². The molecule has 3 N–H and O–H groups in total. The Morgan fingerprint density at radius 1 is 1.07 bits per heavy atom. The van der Waals surface area contributed by atoms with E-state index in [-0.39, 0.29) is 5.56 Å². The fourth-order valence-corrected chi connectivity index (χ4v) is 3.51. The summed E-state index contributed by atoms with van der Waals surface area (Å²) in [5.74, 6) is -0.659. The molecule has 0 bridgehead atoms. The van der Waals surface area contributed by atoms with Crippen LogP contribution in [0.15, 0.2) is 54.7 Å². The molecule has 0 saturated heterocycles. The number of hydrogen-bond donors (Lipinski definition) is 2. The summed E-state index contributed by atoms with van der Waals surface area (Å²) in [4.78, 5) is 15.5. The van der Waals surface area contributed by atoms with Crippen LogP contribution in [-0.4, -0.2) is 25.8 Å². The second-order valence-electron chi connectivity index (χ2n) is 6.22. The maximum absolute atomic E-state index is 11.0. The van der Waals surface area contributed by atoms with Gasteiger partial charge in [-0.3, -0.25) is 9.67 Å². The number of nitrogens with two attached hydrogens (primary N) is 1. The van der Waals surface area contributed by atoms with Crippen LogP contribution in [0.1, 0.15) is 15.9 Å². The summed E-state index contributed by atoms with van der Waals surface area (Å²) in [5.41, 5.74) is 9.95. The molecule has 2 aromatic carbocycles. The fourth-order valence-electron chi connectivity index (χ4n) is 3.00. The highest BCUT2D eigenvalue weighted by Gasteiger charge is 2.14. The van der Waals surface area contributed by atoms with Gasteiger partial charge in [-0.15, -0.1) is 0 Å². The van der Waals surface area contributed by atoms with Crippen molar-refractivity contribution in [2.75, 3.05) is 5.73 Å². The lowest BCUT2D eigenvalue weighted by molar-refractivity contribution is 0.0697. The molecule has 0 saturated carbocycles. The van der Waals surface area contributed by atoms with Gasteiger partial charge in [-0.1, -0.05) is 41.4 Å². The van der Waals surface area contributed by atoms with Crippen molar-refractivity contribution in [2.45, 2.75) is 6.54 Å². The van der Waals surface area contributed by atoms with Crippen molar-refractivity contribution in [3.8, 4) is 11.1 Å². The van der Waals surface area contributed by atoms with Gasteiger partial charge < -0.3 is 10.8 Å². The summed E-state index contributed by atoms with van der Waals surface area (Å²) in [5, 5.41) is 14.5. The average molecular weight is 413 g/mol. The van der Waals surface area contributed by atoms with Crippen molar-refractivity contribution in [3.05, 3.63) is 75.9 Å². The number of nitrogens with zero attached hydrogens (tertiary/aromatic N) is 3. The van der Waals surface area contributed by atoms with E-state index < -0.39 is 5.97 Å². The number of rotatable bonds is 4. The predicted octanol–water partition coefficient (Wildman–Crippen LogP) is 4.73. The number of carbonyl (C=O) groups is 1. The molecule has 28 heavy (non-hydrogen) atoms. The summed E-state index contributed by atoms with van der Waals surface area (Å²) in [6.45, 7) is 0.343. The summed E-state index contributed by atoms with van der Waals surface area (Å²) in [7, 11) is 0. The van der Waals surface area contributed by atoms with Crippen LogP contribution in [0, 0.1) is 0 Å². The Morgan fingerprint density at radius 3 is 2.39 bits per heavy atom. The first-order valence-corrected chi connectivity index (χ1v) is 9.08. The summed E-state index contributed by atoms with van der Waals surface area (Å²) in [6, 6.07) is 13.8. The molecule has 0 aliphatic carbocycles. The van der Waals surface area contributed by atoms with E-state index >= 15 is 0 Å². The Morgan fingerprint density at radius 2 is 1.75 bits per heavy atom. The lowest BCUT2D eigenvalue weighted by Gasteiger charge is -2.09. The maximum Gasteiger partial charge on any atom is 0.335 e. The molecule has 0 radical (unpaired) electrons. The lowest BCUT2D eigenvalue weighted by atomic mass is 10.1. The first-order chi connectivity index (χ1) is 13.4. The molecule has 2 heterocycles. The Hall–Kier alpha value is -3.09. The van der Waals surface area contributed by atoms with Crippen LogP contribution >= 0.6 is 23.2 Å². The van der Waals surface area contributed by atoms with E-state index in [9.17, 15) is 4.79 Å². The van der Waals surface area contributed by atoms with Crippen LogP contribution in [0.25, 0.3) is 22.2 Å². The Labute approximate surface area is 170 Å². The molecule has 140 valence electrons. The number of benzene rings is 2. The first-order valence-electron chi connectivity index (χ1n) is 8.32. The third-order valence-electron chi connectivity index (χ3n) is 4.45. The number of hydrogen-bond acceptors (Lipinski definition) is 4. The minimum Gasteiger partial charge on any atom is -0.478 e. The van der Waals surface area contributed by atoms with Crippen molar-refractivity contribution in [3.63, 3.8) is 0 Å². The van der Waals surface area contributed by atoms with Crippen molar-refractivity contribution >= 4 is 46.0 Å². The highest BCUT2D eigenvalue weighted by Crippen LogP contribution is 2.29. The van der Waals surface area contributed by atoms with E-state index in [2.05, 4.69) is 10.1 Å². The number of aromatic nitrogens is 3. The molecule has 0 aliphatic rings. The summed E-state index contributed by atoms with van der Waals surface area (Å²) < 4.78 is 1.71. The molecule has 0 fully saturated rings. The zero-order chi connectivity index (χ0) is 19.8. The molecule has 4 aromatic rings. The van der Waals surface area contributed by atoms with E-state index in [1.807, 2.05) is 6.07 Å². The van der Waals surface area contributed by atoms with Crippen molar-refractivity contribution in [1.82, 2.24) is 14.8 Å². The summed E-state index contributed by atoms with van der Waals surface area (Å²) >= 11 is 12.6. The molecule has 0 unspecified atom stereocenters. The smallest absolute Gasteiger partial charge is 0.335 e.